The molecule has 8 heteroatoms. The van der Waals surface area contributed by atoms with Crippen molar-refractivity contribution in [2.75, 3.05) is 13.1 Å². The lowest BCUT2D eigenvalue weighted by Crippen LogP contribution is -2.29. The minimum Gasteiger partial charge on any atom is -0.481 e. The molecule has 0 radical (unpaired) electrons. The summed E-state index contributed by atoms with van der Waals surface area (Å²) < 4.78 is 25.9. The second-order valence-electron chi connectivity index (χ2n) is 4.97. The van der Waals surface area contributed by atoms with E-state index in [0.717, 1.165) is 0 Å². The molecule has 3 N–H and O–H groups in total. The highest BCUT2D eigenvalue weighted by molar-refractivity contribution is 7.89. The molecule has 23 heavy (non-hydrogen) atoms. The molecule has 1 aromatic carbocycles. The Kier molecular flexibility index (Phi) is 6.75. The van der Waals surface area contributed by atoms with Crippen LogP contribution in [0.4, 0.5) is 0 Å². The van der Waals surface area contributed by atoms with Crippen LogP contribution >= 0.6 is 0 Å². The van der Waals surface area contributed by atoms with Crippen molar-refractivity contribution in [2.24, 2.45) is 5.92 Å². The molecule has 1 aromatic rings. The summed E-state index contributed by atoms with van der Waals surface area (Å²) in [5.74, 6) is 0.633. The molecule has 0 aliphatic heterocycles. The maximum absolute atomic E-state index is 11.9. The number of rotatable bonds is 8. The molecule has 1 rings (SSSR count). The first-order valence-corrected chi connectivity index (χ1v) is 8.27. The van der Waals surface area contributed by atoms with E-state index in [4.69, 9.17) is 11.5 Å². The number of sulfonamides is 1. The van der Waals surface area contributed by atoms with Gasteiger partial charge in [-0.1, -0.05) is 12.8 Å². The van der Waals surface area contributed by atoms with Gasteiger partial charge in [0.05, 0.1) is 11.4 Å². The van der Waals surface area contributed by atoms with Gasteiger partial charge in [0.25, 0.3) is 5.91 Å². The predicted octanol–water partition coefficient (Wildman–Crippen LogP) is 0.439. The Morgan fingerprint density at radius 1 is 1.30 bits per heavy atom. The van der Waals surface area contributed by atoms with Crippen molar-refractivity contribution in [2.45, 2.75) is 18.2 Å². The van der Waals surface area contributed by atoms with Gasteiger partial charge in [-0.25, -0.2) is 8.42 Å². The topological polar surface area (TPSA) is 113 Å². The van der Waals surface area contributed by atoms with E-state index in [-0.39, 0.29) is 35.9 Å². The zero-order valence-electron chi connectivity index (χ0n) is 12.6. The van der Waals surface area contributed by atoms with Gasteiger partial charge in [-0.3, -0.25) is 9.59 Å². The Hall–Kier alpha value is -2.37. The average Bonchev–Trinajstić information content (AvgIpc) is 2.50. The van der Waals surface area contributed by atoms with E-state index in [1.165, 1.54) is 24.3 Å². The van der Waals surface area contributed by atoms with Gasteiger partial charge in [-0.15, -0.1) is 6.42 Å². The first-order valence-electron chi connectivity index (χ1n) is 6.79. The van der Waals surface area contributed by atoms with Crippen LogP contribution in [0.3, 0.4) is 0 Å². The van der Waals surface area contributed by atoms with E-state index in [2.05, 4.69) is 16.0 Å². The standard InChI is InChI=1S/C15H18N2O5S/c1-3-8-17-23(21,22)13-6-4-12(5-7-13)15(20)16-10-11(2)9-14(18)19/h1,4-7,11,17H,8-10H2,2H3,(H,16,20)(H,18,19). The van der Waals surface area contributed by atoms with Crippen LogP contribution < -0.4 is 10.0 Å². The number of benzene rings is 1. The van der Waals surface area contributed by atoms with Crippen molar-refractivity contribution in [3.05, 3.63) is 29.8 Å². The normalized spacial score (nSPS) is 12.2. The number of hydrogen-bond donors (Lipinski definition) is 3. The largest absolute Gasteiger partial charge is 0.481 e. The zero-order chi connectivity index (χ0) is 17.5. The highest BCUT2D eigenvalue weighted by Crippen LogP contribution is 2.10. The molecule has 0 bridgehead atoms. The van der Waals surface area contributed by atoms with Gasteiger partial charge < -0.3 is 10.4 Å². The van der Waals surface area contributed by atoms with Crippen LogP contribution in [-0.2, 0) is 14.8 Å². The third-order valence-corrected chi connectivity index (χ3v) is 4.34. The lowest BCUT2D eigenvalue weighted by molar-refractivity contribution is -0.137. The van der Waals surface area contributed by atoms with Gasteiger partial charge in [0.2, 0.25) is 10.0 Å². The zero-order valence-corrected chi connectivity index (χ0v) is 13.4. The van der Waals surface area contributed by atoms with Gasteiger partial charge in [-0.05, 0) is 30.2 Å². The molecule has 0 aromatic heterocycles. The number of carboxylic acid groups (broad SMARTS) is 1. The van der Waals surface area contributed by atoms with Gasteiger partial charge in [0.1, 0.15) is 0 Å². The molecule has 0 saturated heterocycles. The van der Waals surface area contributed by atoms with E-state index in [1.54, 1.807) is 6.92 Å². The van der Waals surface area contributed by atoms with Crippen LogP contribution in [0.25, 0.3) is 0 Å². The molecule has 1 atom stereocenters. The van der Waals surface area contributed by atoms with E-state index < -0.39 is 21.9 Å². The third kappa shape index (κ3) is 6.10. The second-order valence-corrected chi connectivity index (χ2v) is 6.73. The Bertz CT molecular complexity index is 704. The van der Waals surface area contributed by atoms with Crippen molar-refractivity contribution in [3.63, 3.8) is 0 Å². The fourth-order valence-corrected chi connectivity index (χ4v) is 2.68. The van der Waals surface area contributed by atoms with Crippen molar-refractivity contribution in [3.8, 4) is 12.3 Å². The summed E-state index contributed by atoms with van der Waals surface area (Å²) >= 11 is 0. The van der Waals surface area contributed by atoms with Crippen molar-refractivity contribution in [1.29, 1.82) is 0 Å². The molecule has 0 aliphatic rings. The molecule has 7 nitrogen and oxygen atoms in total. The Labute approximate surface area is 135 Å². The number of nitrogens with one attached hydrogen (secondary N) is 2. The van der Waals surface area contributed by atoms with Crippen LogP contribution in [0.1, 0.15) is 23.7 Å². The SMILES string of the molecule is C#CCNS(=O)(=O)c1ccc(C(=O)NCC(C)CC(=O)O)cc1. The minimum atomic E-state index is -3.69. The third-order valence-electron chi connectivity index (χ3n) is 2.93. The predicted molar refractivity (Wildman–Crippen MR) is 84.2 cm³/mol. The molecular formula is C15H18N2O5S. The Balaban J connectivity index is 2.68. The summed E-state index contributed by atoms with van der Waals surface area (Å²) in [7, 11) is -3.69. The summed E-state index contributed by atoms with van der Waals surface area (Å²) in [5.41, 5.74) is 0.281. The fourth-order valence-electron chi connectivity index (χ4n) is 1.74. The number of carbonyl (C=O) groups is 2. The summed E-state index contributed by atoms with van der Waals surface area (Å²) in [6.07, 6.45) is 4.96. The minimum absolute atomic E-state index is 0.00328. The number of terminal acetylenes is 1. The molecule has 0 fully saturated rings. The number of amides is 1. The lowest BCUT2D eigenvalue weighted by Gasteiger charge is -2.10. The highest BCUT2D eigenvalue weighted by Gasteiger charge is 2.15. The first kappa shape index (κ1) is 18.7. The van der Waals surface area contributed by atoms with E-state index in [1.807, 2.05) is 0 Å². The number of carbonyl (C=O) groups excluding carboxylic acids is 1. The van der Waals surface area contributed by atoms with E-state index >= 15 is 0 Å². The number of carboxylic acids is 1. The van der Waals surface area contributed by atoms with E-state index in [0.29, 0.717) is 0 Å². The monoisotopic (exact) mass is 338 g/mol. The van der Waals surface area contributed by atoms with Crippen LogP contribution in [0, 0.1) is 18.3 Å². The smallest absolute Gasteiger partial charge is 0.303 e. The summed E-state index contributed by atoms with van der Waals surface area (Å²) in [6, 6.07) is 5.35. The molecule has 0 saturated carbocycles. The van der Waals surface area contributed by atoms with Crippen LogP contribution in [-0.4, -0.2) is 38.5 Å². The van der Waals surface area contributed by atoms with Crippen LogP contribution in [0.5, 0.6) is 0 Å². The van der Waals surface area contributed by atoms with Crippen LogP contribution in [0.15, 0.2) is 29.2 Å². The lowest BCUT2D eigenvalue weighted by atomic mass is 10.1. The Morgan fingerprint density at radius 2 is 1.91 bits per heavy atom. The molecule has 124 valence electrons. The number of aliphatic carboxylic acids is 1. The van der Waals surface area contributed by atoms with Crippen molar-refractivity contribution in [1.82, 2.24) is 10.0 Å². The molecule has 0 heterocycles. The van der Waals surface area contributed by atoms with Crippen LogP contribution in [0.2, 0.25) is 0 Å². The second kappa shape index (κ2) is 8.31. The molecule has 0 aliphatic carbocycles. The number of hydrogen-bond acceptors (Lipinski definition) is 4. The van der Waals surface area contributed by atoms with Crippen molar-refractivity contribution >= 4 is 21.9 Å². The average molecular weight is 338 g/mol. The highest BCUT2D eigenvalue weighted by atomic mass is 32.2. The Morgan fingerprint density at radius 3 is 2.43 bits per heavy atom. The maximum atomic E-state index is 11.9. The van der Waals surface area contributed by atoms with Gasteiger partial charge >= 0.3 is 5.97 Å². The fraction of sp³-hybridized carbons (Fsp3) is 0.333. The summed E-state index contributed by atoms with van der Waals surface area (Å²) in [6.45, 7) is 1.81. The van der Waals surface area contributed by atoms with E-state index in [9.17, 15) is 18.0 Å². The first-order chi connectivity index (χ1) is 10.8. The summed E-state index contributed by atoms with van der Waals surface area (Å²) in [4.78, 5) is 22.5. The molecular weight excluding hydrogens is 320 g/mol. The molecule has 1 amide bonds. The van der Waals surface area contributed by atoms with Gasteiger partial charge in [0.15, 0.2) is 0 Å². The molecule has 1 unspecified atom stereocenters. The molecule has 0 spiro atoms. The quantitative estimate of drug-likeness (QED) is 0.595. The summed E-state index contributed by atoms with van der Waals surface area (Å²) in [5, 5.41) is 11.2. The van der Waals surface area contributed by atoms with Gasteiger partial charge in [0, 0.05) is 18.5 Å². The maximum Gasteiger partial charge on any atom is 0.303 e. The van der Waals surface area contributed by atoms with Gasteiger partial charge in [-0.2, -0.15) is 4.72 Å². The van der Waals surface area contributed by atoms with Crippen molar-refractivity contribution < 1.29 is 23.1 Å².